The van der Waals surface area contributed by atoms with E-state index >= 15 is 0 Å². The van der Waals surface area contributed by atoms with Gasteiger partial charge in [-0.05, 0) is 43.3 Å². The van der Waals surface area contributed by atoms with Crippen LogP contribution in [0.2, 0.25) is 0 Å². The van der Waals surface area contributed by atoms with Crippen LogP contribution in [0.5, 0.6) is 5.75 Å². The Morgan fingerprint density at radius 3 is 2.47 bits per heavy atom. The Labute approximate surface area is 169 Å². The van der Waals surface area contributed by atoms with Gasteiger partial charge in [-0.25, -0.2) is 18.0 Å². The summed E-state index contributed by atoms with van der Waals surface area (Å²) >= 11 is 0. The summed E-state index contributed by atoms with van der Waals surface area (Å²) in [5.74, 6) is -5.74. The molecule has 9 heteroatoms. The first-order valence-corrected chi connectivity index (χ1v) is 8.77. The van der Waals surface area contributed by atoms with E-state index in [-0.39, 0.29) is 12.4 Å². The molecule has 156 valence electrons. The molecule has 1 heterocycles. The van der Waals surface area contributed by atoms with Crippen molar-refractivity contribution in [2.24, 2.45) is 0 Å². The van der Waals surface area contributed by atoms with Gasteiger partial charge in [-0.2, -0.15) is 0 Å². The zero-order valence-electron chi connectivity index (χ0n) is 15.7. The number of carbonyl (C=O) groups excluding carboxylic acids is 2. The molecule has 6 nitrogen and oxygen atoms in total. The van der Waals surface area contributed by atoms with Crippen molar-refractivity contribution in [2.75, 3.05) is 5.32 Å². The molecule has 0 spiro atoms. The molecule has 1 atom stereocenters. The lowest BCUT2D eigenvalue weighted by atomic mass is 10.2. The largest absolute Gasteiger partial charge is 0.486 e. The lowest BCUT2D eigenvalue weighted by molar-refractivity contribution is -0.123. The van der Waals surface area contributed by atoms with Crippen molar-refractivity contribution in [1.82, 2.24) is 0 Å². The Morgan fingerprint density at radius 2 is 1.73 bits per heavy atom. The van der Waals surface area contributed by atoms with E-state index in [0.717, 1.165) is 6.07 Å². The Bertz CT molecular complexity index is 1050. The van der Waals surface area contributed by atoms with Crippen LogP contribution >= 0.6 is 0 Å². The van der Waals surface area contributed by atoms with Gasteiger partial charge in [0, 0.05) is 0 Å². The molecule has 1 N–H and O–H groups in total. The van der Waals surface area contributed by atoms with E-state index in [2.05, 4.69) is 0 Å². The number of ether oxygens (including phenoxy) is 2. The standard InChI is InChI=1S/C21H16F3NO5/c1-12(20(26)25-16-9-8-15(22)18(23)19(16)24)29-21(27)17-10-7-14(30-17)11-28-13-5-3-2-4-6-13/h2-10,12H,11H2,1H3,(H,25,26). The van der Waals surface area contributed by atoms with Crippen LogP contribution in [0.25, 0.3) is 0 Å². The summed E-state index contributed by atoms with van der Waals surface area (Å²) in [6.45, 7) is 1.30. The van der Waals surface area contributed by atoms with Crippen molar-refractivity contribution in [3.63, 3.8) is 0 Å². The molecule has 1 unspecified atom stereocenters. The van der Waals surface area contributed by atoms with Crippen molar-refractivity contribution >= 4 is 17.6 Å². The van der Waals surface area contributed by atoms with E-state index in [1.54, 1.807) is 24.3 Å². The van der Waals surface area contributed by atoms with Crippen molar-refractivity contribution in [3.05, 3.63) is 83.6 Å². The second-order valence-electron chi connectivity index (χ2n) is 6.13. The van der Waals surface area contributed by atoms with Crippen LogP contribution in [0.4, 0.5) is 18.9 Å². The van der Waals surface area contributed by atoms with Crippen LogP contribution < -0.4 is 10.1 Å². The topological polar surface area (TPSA) is 77.8 Å². The van der Waals surface area contributed by atoms with Crippen LogP contribution in [-0.2, 0) is 16.1 Å². The number of anilines is 1. The number of furan rings is 1. The fraction of sp³-hybridized carbons (Fsp3) is 0.143. The number of amides is 1. The van der Waals surface area contributed by atoms with Gasteiger partial charge in [-0.1, -0.05) is 18.2 Å². The van der Waals surface area contributed by atoms with Crippen molar-refractivity contribution < 1.29 is 36.7 Å². The maximum absolute atomic E-state index is 13.6. The summed E-state index contributed by atoms with van der Waals surface area (Å²) in [6, 6.07) is 13.3. The molecule has 0 bridgehead atoms. The number of halogens is 3. The SMILES string of the molecule is CC(OC(=O)c1ccc(COc2ccccc2)o1)C(=O)Nc1ccc(F)c(F)c1F. The molecule has 0 aliphatic rings. The number of nitrogens with one attached hydrogen (secondary N) is 1. The van der Waals surface area contributed by atoms with Gasteiger partial charge in [0.05, 0.1) is 5.69 Å². The average molecular weight is 419 g/mol. The van der Waals surface area contributed by atoms with Gasteiger partial charge >= 0.3 is 5.97 Å². The maximum Gasteiger partial charge on any atom is 0.375 e. The fourth-order valence-electron chi connectivity index (χ4n) is 2.37. The van der Waals surface area contributed by atoms with E-state index in [1.165, 1.54) is 19.1 Å². The number of carbonyl (C=O) groups is 2. The molecular formula is C21H16F3NO5. The Morgan fingerprint density at radius 1 is 1.00 bits per heavy atom. The molecule has 1 amide bonds. The van der Waals surface area contributed by atoms with Crippen LogP contribution in [0.1, 0.15) is 23.2 Å². The molecule has 0 fully saturated rings. The van der Waals surface area contributed by atoms with Crippen molar-refractivity contribution in [1.29, 1.82) is 0 Å². The molecule has 2 aromatic carbocycles. The number of hydrogen-bond acceptors (Lipinski definition) is 5. The van der Waals surface area contributed by atoms with Gasteiger partial charge in [-0.15, -0.1) is 0 Å². The van der Waals surface area contributed by atoms with Gasteiger partial charge in [0.25, 0.3) is 5.91 Å². The Hall–Kier alpha value is -3.75. The summed E-state index contributed by atoms with van der Waals surface area (Å²) in [4.78, 5) is 24.2. The van der Waals surface area contributed by atoms with Crippen molar-refractivity contribution in [2.45, 2.75) is 19.6 Å². The summed E-state index contributed by atoms with van der Waals surface area (Å²) in [5, 5.41) is 2.03. The monoisotopic (exact) mass is 419 g/mol. The lowest BCUT2D eigenvalue weighted by Gasteiger charge is -2.13. The van der Waals surface area contributed by atoms with Gasteiger partial charge in [0.1, 0.15) is 18.1 Å². The second kappa shape index (κ2) is 9.17. The molecule has 30 heavy (non-hydrogen) atoms. The molecule has 0 saturated carbocycles. The molecule has 0 radical (unpaired) electrons. The number of hydrogen-bond donors (Lipinski definition) is 1. The smallest absolute Gasteiger partial charge is 0.375 e. The normalized spacial score (nSPS) is 11.6. The molecule has 3 aromatic rings. The third-order valence-electron chi connectivity index (χ3n) is 3.93. The predicted octanol–water partition coefficient (Wildman–Crippen LogP) is 4.46. The molecule has 0 saturated heterocycles. The van der Waals surface area contributed by atoms with E-state index in [9.17, 15) is 22.8 Å². The predicted molar refractivity (Wildman–Crippen MR) is 99.3 cm³/mol. The zero-order chi connectivity index (χ0) is 21.7. The molecule has 3 rings (SSSR count). The molecule has 0 aliphatic heterocycles. The lowest BCUT2D eigenvalue weighted by Crippen LogP contribution is -2.30. The summed E-state index contributed by atoms with van der Waals surface area (Å²) < 4.78 is 55.6. The zero-order valence-corrected chi connectivity index (χ0v) is 15.7. The first-order chi connectivity index (χ1) is 14.3. The third-order valence-corrected chi connectivity index (χ3v) is 3.93. The number of benzene rings is 2. The van der Waals surface area contributed by atoms with Gasteiger partial charge in [-0.3, -0.25) is 4.79 Å². The summed E-state index contributed by atoms with van der Waals surface area (Å²) in [6.07, 6.45) is -1.36. The van der Waals surface area contributed by atoms with Gasteiger partial charge in [0.15, 0.2) is 23.6 Å². The van der Waals surface area contributed by atoms with Crippen LogP contribution in [0.15, 0.2) is 59.0 Å². The minimum Gasteiger partial charge on any atom is -0.486 e. The van der Waals surface area contributed by atoms with Gasteiger partial charge < -0.3 is 19.2 Å². The highest BCUT2D eigenvalue weighted by Crippen LogP contribution is 2.20. The van der Waals surface area contributed by atoms with Crippen molar-refractivity contribution in [3.8, 4) is 5.75 Å². The third kappa shape index (κ3) is 4.99. The van der Waals surface area contributed by atoms with Crippen LogP contribution in [0, 0.1) is 17.5 Å². The minimum absolute atomic E-state index is 0.0722. The summed E-state index contributed by atoms with van der Waals surface area (Å²) in [5.41, 5.74) is -0.583. The minimum atomic E-state index is -1.72. The number of para-hydroxylation sites is 1. The highest BCUT2D eigenvalue weighted by molar-refractivity contribution is 5.96. The van der Waals surface area contributed by atoms with E-state index in [1.807, 2.05) is 11.4 Å². The molecule has 1 aromatic heterocycles. The number of rotatable bonds is 7. The summed E-state index contributed by atoms with van der Waals surface area (Å²) in [7, 11) is 0. The van der Waals surface area contributed by atoms with E-state index < -0.39 is 41.1 Å². The second-order valence-corrected chi connectivity index (χ2v) is 6.13. The van der Waals surface area contributed by atoms with E-state index in [4.69, 9.17) is 13.9 Å². The number of esters is 1. The Balaban J connectivity index is 1.56. The van der Waals surface area contributed by atoms with E-state index in [0.29, 0.717) is 17.6 Å². The first kappa shape index (κ1) is 21.0. The highest BCUT2D eigenvalue weighted by atomic mass is 19.2. The van der Waals surface area contributed by atoms with Gasteiger partial charge in [0.2, 0.25) is 5.76 Å². The van der Waals surface area contributed by atoms with Crippen LogP contribution in [0.3, 0.4) is 0 Å². The highest BCUT2D eigenvalue weighted by Gasteiger charge is 2.23. The fourth-order valence-corrected chi connectivity index (χ4v) is 2.37. The quantitative estimate of drug-likeness (QED) is 0.452. The molecular weight excluding hydrogens is 403 g/mol. The molecule has 0 aliphatic carbocycles. The maximum atomic E-state index is 13.6. The van der Waals surface area contributed by atoms with Crippen LogP contribution in [-0.4, -0.2) is 18.0 Å². The first-order valence-electron chi connectivity index (χ1n) is 8.77. The average Bonchev–Trinajstić information content (AvgIpc) is 3.22. The Kier molecular flexibility index (Phi) is 6.41.